The predicted molar refractivity (Wildman–Crippen MR) is 141 cm³/mol. The normalized spacial score (nSPS) is 17.7. The number of unbranched alkanes of at least 4 members (excludes halogenated alkanes) is 1. The van der Waals surface area contributed by atoms with E-state index in [9.17, 15) is 9.59 Å². The van der Waals surface area contributed by atoms with Crippen molar-refractivity contribution in [3.63, 3.8) is 0 Å². The third kappa shape index (κ3) is 8.63. The molecule has 2 aromatic rings. The number of carbonyl (C=O) groups is 2. The van der Waals surface area contributed by atoms with E-state index < -0.39 is 5.97 Å². The number of hydrogen-bond donors (Lipinski definition) is 2. The second kappa shape index (κ2) is 13.4. The lowest BCUT2D eigenvalue weighted by Gasteiger charge is -2.27. The van der Waals surface area contributed by atoms with Gasteiger partial charge in [-0.05, 0) is 85.9 Å². The molecule has 1 fully saturated rings. The Balaban J connectivity index is 1.38. The molecule has 1 aliphatic carbocycles. The molecule has 0 amide bonds. The summed E-state index contributed by atoms with van der Waals surface area (Å²) in [5, 5.41) is 0. The summed E-state index contributed by atoms with van der Waals surface area (Å²) in [5.74, 6) is 0.623. The van der Waals surface area contributed by atoms with E-state index in [1.54, 1.807) is 42.5 Å². The molecule has 6 nitrogen and oxygen atoms in total. The monoisotopic (exact) mass is 476 g/mol. The van der Waals surface area contributed by atoms with Crippen molar-refractivity contribution in [1.29, 1.82) is 0 Å². The average Bonchev–Trinajstić information content (AvgIpc) is 2.85. The molecule has 0 spiro atoms. The summed E-state index contributed by atoms with van der Waals surface area (Å²) in [5.41, 5.74) is 14.5. The van der Waals surface area contributed by atoms with E-state index in [0.29, 0.717) is 29.5 Å². The van der Waals surface area contributed by atoms with Crippen molar-refractivity contribution in [1.82, 2.24) is 0 Å². The molecule has 1 aliphatic rings. The van der Waals surface area contributed by atoms with Crippen LogP contribution in [0.4, 0.5) is 11.4 Å². The number of rotatable bonds is 11. The maximum atomic E-state index is 12.6. The molecular weight excluding hydrogens is 440 g/mol. The SMILES string of the molecule is C=CCCCC1CCC(C(=O)Oc2ccc(C=CC(=O)OCCc3ccc(N)cc3N)cc2)CC1. The topological polar surface area (TPSA) is 105 Å². The first-order valence-electron chi connectivity index (χ1n) is 12.4. The van der Waals surface area contributed by atoms with Crippen molar-refractivity contribution in [2.24, 2.45) is 11.8 Å². The quantitative estimate of drug-likeness (QED) is 0.107. The second-order valence-corrected chi connectivity index (χ2v) is 9.14. The van der Waals surface area contributed by atoms with Crippen molar-refractivity contribution in [2.75, 3.05) is 18.1 Å². The molecule has 35 heavy (non-hydrogen) atoms. The Morgan fingerprint density at radius 2 is 1.77 bits per heavy atom. The Hall–Kier alpha value is -3.54. The first-order valence-corrected chi connectivity index (χ1v) is 12.4. The summed E-state index contributed by atoms with van der Waals surface area (Å²) in [4.78, 5) is 24.5. The van der Waals surface area contributed by atoms with Gasteiger partial charge in [0.1, 0.15) is 5.75 Å². The summed E-state index contributed by atoms with van der Waals surface area (Å²) in [6.07, 6.45) is 13.0. The van der Waals surface area contributed by atoms with Gasteiger partial charge >= 0.3 is 11.9 Å². The van der Waals surface area contributed by atoms with Gasteiger partial charge in [0.05, 0.1) is 12.5 Å². The molecule has 6 heteroatoms. The highest BCUT2D eigenvalue weighted by molar-refractivity contribution is 5.87. The highest BCUT2D eigenvalue weighted by Crippen LogP contribution is 2.33. The predicted octanol–water partition coefficient (Wildman–Crippen LogP) is 5.72. The number of anilines is 2. The van der Waals surface area contributed by atoms with Crippen molar-refractivity contribution < 1.29 is 19.1 Å². The maximum absolute atomic E-state index is 12.6. The highest BCUT2D eigenvalue weighted by Gasteiger charge is 2.27. The molecule has 0 aromatic heterocycles. The fourth-order valence-electron chi connectivity index (χ4n) is 4.40. The summed E-state index contributed by atoms with van der Waals surface area (Å²) in [7, 11) is 0. The number of esters is 2. The highest BCUT2D eigenvalue weighted by atomic mass is 16.5. The van der Waals surface area contributed by atoms with E-state index in [-0.39, 0.29) is 18.5 Å². The first-order chi connectivity index (χ1) is 16.9. The molecule has 2 aromatic carbocycles. The lowest BCUT2D eigenvalue weighted by Crippen LogP contribution is -2.25. The average molecular weight is 477 g/mol. The number of hydrogen-bond acceptors (Lipinski definition) is 6. The van der Waals surface area contributed by atoms with E-state index >= 15 is 0 Å². The van der Waals surface area contributed by atoms with Gasteiger partial charge in [-0.25, -0.2) is 4.79 Å². The zero-order valence-electron chi connectivity index (χ0n) is 20.3. The minimum atomic E-state index is -0.436. The largest absolute Gasteiger partial charge is 0.462 e. The van der Waals surface area contributed by atoms with E-state index in [0.717, 1.165) is 43.2 Å². The van der Waals surface area contributed by atoms with Gasteiger partial charge in [0.2, 0.25) is 0 Å². The number of benzene rings is 2. The molecular formula is C29H36N2O4. The minimum Gasteiger partial charge on any atom is -0.462 e. The lowest BCUT2D eigenvalue weighted by molar-refractivity contribution is -0.140. The molecule has 0 radical (unpaired) electrons. The molecule has 0 bridgehead atoms. The first kappa shape index (κ1) is 26.1. The van der Waals surface area contributed by atoms with Crippen LogP contribution in [0.2, 0.25) is 0 Å². The third-order valence-electron chi connectivity index (χ3n) is 6.50. The molecule has 4 N–H and O–H groups in total. The Bertz CT molecular complexity index is 1020. The number of carbonyl (C=O) groups excluding carboxylic acids is 2. The zero-order valence-corrected chi connectivity index (χ0v) is 20.3. The molecule has 3 rings (SSSR count). The van der Waals surface area contributed by atoms with Crippen molar-refractivity contribution >= 4 is 29.4 Å². The third-order valence-corrected chi connectivity index (χ3v) is 6.50. The van der Waals surface area contributed by atoms with Crippen LogP contribution >= 0.6 is 0 Å². The van der Waals surface area contributed by atoms with Crippen LogP contribution in [0, 0.1) is 11.8 Å². The van der Waals surface area contributed by atoms with Gasteiger partial charge in [0.15, 0.2) is 0 Å². The number of nitrogens with two attached hydrogens (primary N) is 2. The Kier molecular flexibility index (Phi) is 9.96. The van der Waals surface area contributed by atoms with Crippen LogP contribution in [-0.2, 0) is 20.7 Å². The molecule has 186 valence electrons. The fourth-order valence-corrected chi connectivity index (χ4v) is 4.40. The van der Waals surface area contributed by atoms with E-state index in [1.807, 2.05) is 12.1 Å². The Labute approximate surface area is 208 Å². The Morgan fingerprint density at radius 3 is 2.46 bits per heavy atom. The van der Waals surface area contributed by atoms with Gasteiger partial charge in [0, 0.05) is 23.9 Å². The van der Waals surface area contributed by atoms with Crippen molar-refractivity contribution in [3.8, 4) is 5.75 Å². The van der Waals surface area contributed by atoms with Crippen LogP contribution in [0.3, 0.4) is 0 Å². The van der Waals surface area contributed by atoms with Gasteiger partial charge < -0.3 is 20.9 Å². The van der Waals surface area contributed by atoms with Crippen LogP contribution in [0.5, 0.6) is 5.75 Å². The summed E-state index contributed by atoms with van der Waals surface area (Å²) >= 11 is 0. The van der Waals surface area contributed by atoms with E-state index in [1.165, 1.54) is 18.9 Å². The van der Waals surface area contributed by atoms with E-state index in [4.69, 9.17) is 20.9 Å². The van der Waals surface area contributed by atoms with E-state index in [2.05, 4.69) is 6.58 Å². The summed E-state index contributed by atoms with van der Waals surface area (Å²) < 4.78 is 10.8. The van der Waals surface area contributed by atoms with Gasteiger partial charge in [-0.1, -0.05) is 30.7 Å². The van der Waals surface area contributed by atoms with Gasteiger partial charge in [-0.15, -0.1) is 6.58 Å². The molecule has 0 saturated heterocycles. The molecule has 0 unspecified atom stereocenters. The van der Waals surface area contributed by atoms with Crippen LogP contribution in [0.1, 0.15) is 56.1 Å². The molecule has 0 heterocycles. The summed E-state index contributed by atoms with van der Waals surface area (Å²) in [6, 6.07) is 12.4. The standard InChI is InChI=1S/C29H36N2O4/c1-2-3-4-5-21-6-11-24(12-7-21)29(33)35-26-15-8-22(9-16-26)10-17-28(32)34-19-18-23-13-14-25(30)20-27(23)31/h2,8-10,13-17,20-21,24H,1,3-7,11-12,18-19,30-31H2. The lowest BCUT2D eigenvalue weighted by atomic mass is 9.80. The maximum Gasteiger partial charge on any atom is 0.330 e. The van der Waals surface area contributed by atoms with Gasteiger partial charge in [0.25, 0.3) is 0 Å². The van der Waals surface area contributed by atoms with Crippen molar-refractivity contribution in [2.45, 2.75) is 51.4 Å². The van der Waals surface area contributed by atoms with Crippen LogP contribution < -0.4 is 16.2 Å². The minimum absolute atomic E-state index is 0.0245. The number of ether oxygens (including phenoxy) is 2. The van der Waals surface area contributed by atoms with Gasteiger partial charge in [-0.3, -0.25) is 4.79 Å². The fraction of sp³-hybridized carbons (Fsp3) is 0.379. The number of nitrogen functional groups attached to an aromatic ring is 2. The molecule has 0 aliphatic heterocycles. The van der Waals surface area contributed by atoms with Crippen LogP contribution in [-0.4, -0.2) is 18.5 Å². The van der Waals surface area contributed by atoms with Crippen LogP contribution in [0.15, 0.2) is 61.2 Å². The summed E-state index contributed by atoms with van der Waals surface area (Å²) in [6.45, 7) is 4.00. The molecule has 1 saturated carbocycles. The number of allylic oxidation sites excluding steroid dienone is 1. The zero-order chi connectivity index (χ0) is 25.0. The second-order valence-electron chi connectivity index (χ2n) is 9.14. The smallest absolute Gasteiger partial charge is 0.330 e. The van der Waals surface area contributed by atoms with Gasteiger partial charge in [-0.2, -0.15) is 0 Å². The van der Waals surface area contributed by atoms with Crippen LogP contribution in [0.25, 0.3) is 6.08 Å². The molecule has 0 atom stereocenters. The van der Waals surface area contributed by atoms with Crippen molar-refractivity contribution in [3.05, 3.63) is 72.3 Å². The Morgan fingerprint density at radius 1 is 1.03 bits per heavy atom.